The molecule has 0 fully saturated rings. The molecule has 0 amide bonds. The standard InChI is InChI=1S/C11H8O3/c12-8-4-5-9-14-11(13)10-6-2-1-3-7-10/h1-3,6-8H,9H2. The zero-order chi connectivity index (χ0) is 10.2. The van der Waals surface area contributed by atoms with Crippen molar-refractivity contribution in [3.63, 3.8) is 0 Å². The van der Waals surface area contributed by atoms with Crippen LogP contribution < -0.4 is 0 Å². The molecule has 1 aromatic carbocycles. The molecule has 0 radical (unpaired) electrons. The quantitative estimate of drug-likeness (QED) is 0.395. The van der Waals surface area contributed by atoms with Gasteiger partial charge in [-0.05, 0) is 18.1 Å². The van der Waals surface area contributed by atoms with Crippen molar-refractivity contribution in [1.82, 2.24) is 0 Å². The van der Waals surface area contributed by atoms with E-state index in [1.54, 1.807) is 24.3 Å². The monoisotopic (exact) mass is 188 g/mol. The molecule has 3 heteroatoms. The van der Waals surface area contributed by atoms with Gasteiger partial charge >= 0.3 is 5.97 Å². The molecule has 0 unspecified atom stereocenters. The molecule has 3 nitrogen and oxygen atoms in total. The van der Waals surface area contributed by atoms with Crippen LogP contribution in [0.3, 0.4) is 0 Å². The highest BCUT2D eigenvalue weighted by molar-refractivity contribution is 5.89. The highest BCUT2D eigenvalue weighted by atomic mass is 16.5. The van der Waals surface area contributed by atoms with Crippen molar-refractivity contribution in [2.45, 2.75) is 0 Å². The highest BCUT2D eigenvalue weighted by Crippen LogP contribution is 2.00. The molecule has 0 saturated carbocycles. The Labute approximate surface area is 81.7 Å². The van der Waals surface area contributed by atoms with Crippen molar-refractivity contribution in [2.75, 3.05) is 6.61 Å². The zero-order valence-electron chi connectivity index (χ0n) is 7.40. The van der Waals surface area contributed by atoms with E-state index in [0.717, 1.165) is 0 Å². The molecule has 0 atom stereocenters. The molecule has 0 heterocycles. The first-order chi connectivity index (χ1) is 6.84. The Bertz CT molecular complexity index is 371. The maximum atomic E-state index is 11.2. The third-order valence-electron chi connectivity index (χ3n) is 1.45. The van der Waals surface area contributed by atoms with Crippen LogP contribution in [0.1, 0.15) is 10.4 Å². The molecule has 0 aliphatic heterocycles. The Morgan fingerprint density at radius 3 is 2.71 bits per heavy atom. The van der Waals surface area contributed by atoms with Crippen LogP contribution in [0.15, 0.2) is 30.3 Å². The molecule has 0 saturated heterocycles. The average molecular weight is 188 g/mol. The van der Waals surface area contributed by atoms with Gasteiger partial charge in [-0.2, -0.15) is 0 Å². The molecule has 0 bridgehead atoms. The highest BCUT2D eigenvalue weighted by Gasteiger charge is 2.03. The van der Waals surface area contributed by atoms with E-state index in [2.05, 4.69) is 11.8 Å². The molecule has 0 aromatic heterocycles. The number of hydrogen-bond donors (Lipinski definition) is 0. The number of rotatable bonds is 2. The Morgan fingerprint density at radius 1 is 1.36 bits per heavy atom. The van der Waals surface area contributed by atoms with Crippen LogP contribution in [0, 0.1) is 11.8 Å². The Morgan fingerprint density at radius 2 is 2.07 bits per heavy atom. The summed E-state index contributed by atoms with van der Waals surface area (Å²) in [6.45, 7) is -0.0630. The summed E-state index contributed by atoms with van der Waals surface area (Å²) >= 11 is 0. The molecule has 14 heavy (non-hydrogen) atoms. The van der Waals surface area contributed by atoms with Gasteiger partial charge in [-0.1, -0.05) is 24.1 Å². The van der Waals surface area contributed by atoms with Gasteiger partial charge < -0.3 is 4.74 Å². The predicted octanol–water partition coefficient (Wildman–Crippen LogP) is 1.05. The number of benzene rings is 1. The first-order valence-corrected chi connectivity index (χ1v) is 3.99. The molecule has 1 aromatic rings. The lowest BCUT2D eigenvalue weighted by atomic mass is 10.2. The summed E-state index contributed by atoms with van der Waals surface area (Å²) in [5.41, 5.74) is 0.473. The fraction of sp³-hybridized carbons (Fsp3) is 0.0909. The fourth-order valence-corrected chi connectivity index (χ4v) is 0.843. The summed E-state index contributed by atoms with van der Waals surface area (Å²) in [5, 5.41) is 0. The van der Waals surface area contributed by atoms with E-state index < -0.39 is 5.97 Å². The van der Waals surface area contributed by atoms with Gasteiger partial charge in [0.25, 0.3) is 0 Å². The van der Waals surface area contributed by atoms with E-state index >= 15 is 0 Å². The molecule has 0 aliphatic carbocycles. The van der Waals surface area contributed by atoms with E-state index in [9.17, 15) is 9.59 Å². The van der Waals surface area contributed by atoms with Crippen LogP contribution in [0.2, 0.25) is 0 Å². The third kappa shape index (κ3) is 3.11. The van der Waals surface area contributed by atoms with Gasteiger partial charge in [0.2, 0.25) is 0 Å². The number of carbonyl (C=O) groups excluding carboxylic acids is 2. The van der Waals surface area contributed by atoms with Crippen molar-refractivity contribution in [3.05, 3.63) is 35.9 Å². The van der Waals surface area contributed by atoms with Gasteiger partial charge in [-0.3, -0.25) is 4.79 Å². The van der Waals surface area contributed by atoms with Gasteiger partial charge in [-0.25, -0.2) is 4.79 Å². The van der Waals surface area contributed by atoms with Crippen LogP contribution in [0.4, 0.5) is 0 Å². The Hall–Kier alpha value is -2.08. The van der Waals surface area contributed by atoms with Crippen LogP contribution in [0.25, 0.3) is 0 Å². The van der Waals surface area contributed by atoms with E-state index in [4.69, 9.17) is 4.74 Å². The van der Waals surface area contributed by atoms with Crippen molar-refractivity contribution in [2.24, 2.45) is 0 Å². The van der Waals surface area contributed by atoms with Crippen molar-refractivity contribution in [3.8, 4) is 11.8 Å². The smallest absolute Gasteiger partial charge is 0.339 e. The minimum absolute atomic E-state index is 0.0630. The average Bonchev–Trinajstić information content (AvgIpc) is 2.25. The van der Waals surface area contributed by atoms with Gasteiger partial charge in [-0.15, -0.1) is 0 Å². The van der Waals surface area contributed by atoms with Crippen molar-refractivity contribution < 1.29 is 14.3 Å². The maximum absolute atomic E-state index is 11.2. The van der Waals surface area contributed by atoms with Crippen molar-refractivity contribution >= 4 is 12.3 Å². The largest absolute Gasteiger partial charge is 0.449 e. The number of ether oxygens (including phenoxy) is 1. The summed E-state index contributed by atoms with van der Waals surface area (Å²) in [6.07, 6.45) is 0.455. The molecule has 1 rings (SSSR count). The summed E-state index contributed by atoms with van der Waals surface area (Å²) in [7, 11) is 0. The van der Waals surface area contributed by atoms with E-state index in [1.807, 2.05) is 6.07 Å². The molecule has 0 aliphatic rings. The Kier molecular flexibility index (Phi) is 3.96. The summed E-state index contributed by atoms with van der Waals surface area (Å²) in [6, 6.07) is 8.59. The molecule has 70 valence electrons. The lowest BCUT2D eigenvalue weighted by molar-refractivity contribution is -0.103. The molecular formula is C11H8O3. The number of carbonyl (C=O) groups is 2. The summed E-state index contributed by atoms with van der Waals surface area (Å²) < 4.78 is 4.76. The van der Waals surface area contributed by atoms with Crippen LogP contribution in [-0.4, -0.2) is 18.9 Å². The first kappa shape index (κ1) is 10.0. The minimum Gasteiger partial charge on any atom is -0.449 e. The van der Waals surface area contributed by atoms with E-state index in [0.29, 0.717) is 11.8 Å². The fourth-order valence-electron chi connectivity index (χ4n) is 0.843. The summed E-state index contributed by atoms with van der Waals surface area (Å²) in [5.74, 6) is 4.08. The lowest BCUT2D eigenvalue weighted by Gasteiger charge is -1.98. The Balaban J connectivity index is 2.47. The van der Waals surface area contributed by atoms with Crippen LogP contribution in [-0.2, 0) is 9.53 Å². The molecule has 0 N–H and O–H groups in total. The van der Waals surface area contributed by atoms with Gasteiger partial charge in [0.1, 0.15) is 0 Å². The minimum atomic E-state index is -0.439. The predicted molar refractivity (Wildman–Crippen MR) is 50.6 cm³/mol. The molecule has 0 spiro atoms. The molecular weight excluding hydrogens is 180 g/mol. The number of aldehydes is 1. The normalized spacial score (nSPS) is 8.29. The van der Waals surface area contributed by atoms with Gasteiger partial charge in [0, 0.05) is 0 Å². The third-order valence-corrected chi connectivity index (χ3v) is 1.45. The second-order valence-corrected chi connectivity index (χ2v) is 2.38. The van der Waals surface area contributed by atoms with E-state index in [-0.39, 0.29) is 6.61 Å². The second-order valence-electron chi connectivity index (χ2n) is 2.38. The number of hydrogen-bond acceptors (Lipinski definition) is 3. The summed E-state index contributed by atoms with van der Waals surface area (Å²) in [4.78, 5) is 21.0. The van der Waals surface area contributed by atoms with Crippen molar-refractivity contribution in [1.29, 1.82) is 0 Å². The number of esters is 1. The topological polar surface area (TPSA) is 43.4 Å². The van der Waals surface area contributed by atoms with Gasteiger partial charge in [0.05, 0.1) is 5.56 Å². The first-order valence-electron chi connectivity index (χ1n) is 3.99. The maximum Gasteiger partial charge on any atom is 0.339 e. The van der Waals surface area contributed by atoms with Gasteiger partial charge in [0.15, 0.2) is 12.9 Å². The van der Waals surface area contributed by atoms with Crippen LogP contribution >= 0.6 is 0 Å². The van der Waals surface area contributed by atoms with E-state index in [1.165, 1.54) is 0 Å². The SMILES string of the molecule is O=CC#CCOC(=O)c1ccccc1. The lowest BCUT2D eigenvalue weighted by Crippen LogP contribution is -2.04. The zero-order valence-corrected chi connectivity index (χ0v) is 7.40. The van der Waals surface area contributed by atoms with Crippen LogP contribution in [0.5, 0.6) is 0 Å². The second kappa shape index (κ2) is 5.55.